The molecule has 0 bridgehead atoms. The summed E-state index contributed by atoms with van der Waals surface area (Å²) in [6, 6.07) is 1.19. The zero-order valence-electron chi connectivity index (χ0n) is 13.7. The van der Waals surface area contributed by atoms with E-state index in [-0.39, 0.29) is 18.5 Å². The fourth-order valence-corrected chi connectivity index (χ4v) is 4.14. The van der Waals surface area contributed by atoms with Crippen LogP contribution in [-0.2, 0) is 14.2 Å². The predicted molar refractivity (Wildman–Crippen MR) is 81.3 cm³/mol. The molecular weight excluding hydrogens is 268 g/mol. The van der Waals surface area contributed by atoms with E-state index in [0.717, 1.165) is 26.0 Å². The van der Waals surface area contributed by atoms with Gasteiger partial charge in [0.25, 0.3) is 0 Å². The van der Waals surface area contributed by atoms with E-state index < -0.39 is 0 Å². The van der Waals surface area contributed by atoms with Crippen LogP contribution in [0, 0.1) is 0 Å². The quantitative estimate of drug-likeness (QED) is 0.765. The van der Waals surface area contributed by atoms with Gasteiger partial charge >= 0.3 is 0 Å². The third kappa shape index (κ3) is 3.42. The summed E-state index contributed by atoms with van der Waals surface area (Å²) in [6.07, 6.45) is 4.99. The molecule has 3 aliphatic heterocycles. The number of rotatable bonds is 5. The molecule has 0 aromatic rings. The first-order valence-corrected chi connectivity index (χ1v) is 8.48. The first-order valence-electron chi connectivity index (χ1n) is 8.48. The van der Waals surface area contributed by atoms with Gasteiger partial charge in [-0.25, -0.2) is 0 Å². The normalized spacial score (nSPS) is 41.6. The zero-order valence-corrected chi connectivity index (χ0v) is 13.7. The Labute approximate surface area is 128 Å². The standard InChI is InChI=1S/C16H30N2O3/c1-4-19-11-12-6-5-7-15(20-12)21-14-10-18(3)13-8-9-17(2)16(13)14/h12-16H,4-11H2,1-3H3. The van der Waals surface area contributed by atoms with Crippen LogP contribution in [0.2, 0.25) is 0 Å². The Bertz CT molecular complexity index is 341. The van der Waals surface area contributed by atoms with Gasteiger partial charge in [-0.2, -0.15) is 0 Å². The molecule has 3 heterocycles. The molecular formula is C16H30N2O3. The third-order valence-corrected chi connectivity index (χ3v) is 5.24. The van der Waals surface area contributed by atoms with Gasteiger partial charge in [0.15, 0.2) is 6.29 Å². The molecule has 5 heteroatoms. The van der Waals surface area contributed by atoms with Crippen molar-refractivity contribution in [1.82, 2.24) is 9.80 Å². The van der Waals surface area contributed by atoms with Crippen LogP contribution >= 0.6 is 0 Å². The zero-order chi connectivity index (χ0) is 14.8. The molecule has 0 amide bonds. The number of likely N-dealkylation sites (tertiary alicyclic amines) is 2. The van der Waals surface area contributed by atoms with Crippen LogP contribution in [0.5, 0.6) is 0 Å². The number of fused-ring (bicyclic) bond motifs is 1. The molecule has 0 aliphatic carbocycles. The summed E-state index contributed by atoms with van der Waals surface area (Å²) in [6.45, 7) is 5.69. The average molecular weight is 298 g/mol. The van der Waals surface area contributed by atoms with Crippen molar-refractivity contribution in [3.05, 3.63) is 0 Å². The molecule has 0 N–H and O–H groups in total. The van der Waals surface area contributed by atoms with E-state index in [1.807, 2.05) is 6.92 Å². The molecule has 21 heavy (non-hydrogen) atoms. The minimum absolute atomic E-state index is 0.0460. The maximum Gasteiger partial charge on any atom is 0.158 e. The first-order chi connectivity index (χ1) is 10.2. The molecule has 5 unspecified atom stereocenters. The van der Waals surface area contributed by atoms with Crippen molar-refractivity contribution in [1.29, 1.82) is 0 Å². The maximum atomic E-state index is 6.36. The minimum Gasteiger partial charge on any atom is -0.379 e. The highest BCUT2D eigenvalue weighted by Crippen LogP contribution is 2.33. The fraction of sp³-hybridized carbons (Fsp3) is 1.00. The molecule has 0 aromatic carbocycles. The Morgan fingerprint density at radius 1 is 1.14 bits per heavy atom. The van der Waals surface area contributed by atoms with Gasteiger partial charge < -0.3 is 14.2 Å². The molecule has 5 nitrogen and oxygen atoms in total. The molecule has 0 radical (unpaired) electrons. The van der Waals surface area contributed by atoms with E-state index >= 15 is 0 Å². The van der Waals surface area contributed by atoms with Gasteiger partial charge in [0, 0.05) is 19.2 Å². The number of ether oxygens (including phenoxy) is 3. The summed E-state index contributed by atoms with van der Waals surface area (Å²) >= 11 is 0. The molecule has 3 fully saturated rings. The van der Waals surface area contributed by atoms with E-state index in [2.05, 4.69) is 23.9 Å². The van der Waals surface area contributed by atoms with Gasteiger partial charge in [-0.3, -0.25) is 9.80 Å². The largest absolute Gasteiger partial charge is 0.379 e. The van der Waals surface area contributed by atoms with Crippen molar-refractivity contribution < 1.29 is 14.2 Å². The van der Waals surface area contributed by atoms with Crippen LogP contribution in [0.1, 0.15) is 32.6 Å². The number of nitrogens with zero attached hydrogens (tertiary/aromatic N) is 2. The lowest BCUT2D eigenvalue weighted by Crippen LogP contribution is -2.43. The average Bonchev–Trinajstić information content (AvgIpc) is 3.00. The second-order valence-electron chi connectivity index (χ2n) is 6.72. The van der Waals surface area contributed by atoms with E-state index in [4.69, 9.17) is 14.2 Å². The van der Waals surface area contributed by atoms with Crippen molar-refractivity contribution in [3.8, 4) is 0 Å². The highest BCUT2D eigenvalue weighted by atomic mass is 16.7. The lowest BCUT2D eigenvalue weighted by molar-refractivity contribution is -0.226. The molecule has 0 saturated carbocycles. The SMILES string of the molecule is CCOCC1CCCC(OC2CN(C)C3CCN(C)C23)O1. The van der Waals surface area contributed by atoms with Crippen LogP contribution < -0.4 is 0 Å². The molecule has 3 aliphatic rings. The Kier molecular flexibility index (Phi) is 5.17. The topological polar surface area (TPSA) is 34.2 Å². The van der Waals surface area contributed by atoms with Crippen molar-refractivity contribution in [3.63, 3.8) is 0 Å². The van der Waals surface area contributed by atoms with Crippen molar-refractivity contribution in [2.75, 3.05) is 40.4 Å². The van der Waals surface area contributed by atoms with E-state index in [1.54, 1.807) is 0 Å². The summed E-state index contributed by atoms with van der Waals surface area (Å²) < 4.78 is 17.9. The molecule has 0 aromatic heterocycles. The fourth-order valence-electron chi connectivity index (χ4n) is 4.14. The summed E-state index contributed by atoms with van der Waals surface area (Å²) in [5, 5.41) is 0. The smallest absolute Gasteiger partial charge is 0.158 e. The predicted octanol–water partition coefficient (Wildman–Crippen LogP) is 1.32. The number of likely N-dealkylation sites (N-methyl/N-ethyl adjacent to an activating group) is 2. The number of hydrogen-bond acceptors (Lipinski definition) is 5. The molecule has 5 atom stereocenters. The van der Waals surface area contributed by atoms with Crippen LogP contribution in [0.15, 0.2) is 0 Å². The Hall–Kier alpha value is -0.200. The summed E-state index contributed by atoms with van der Waals surface area (Å²) in [4.78, 5) is 4.92. The second kappa shape index (κ2) is 6.92. The van der Waals surface area contributed by atoms with E-state index in [1.165, 1.54) is 19.4 Å². The third-order valence-electron chi connectivity index (χ3n) is 5.24. The monoisotopic (exact) mass is 298 g/mol. The summed E-state index contributed by atoms with van der Waals surface area (Å²) in [5.74, 6) is 0. The molecule has 0 spiro atoms. The van der Waals surface area contributed by atoms with Gasteiger partial charge in [0.2, 0.25) is 0 Å². The molecule has 3 saturated heterocycles. The maximum absolute atomic E-state index is 6.36. The van der Waals surface area contributed by atoms with Crippen LogP contribution in [0.3, 0.4) is 0 Å². The first kappa shape index (κ1) is 15.7. The summed E-state index contributed by atoms with van der Waals surface area (Å²) in [7, 11) is 4.44. The van der Waals surface area contributed by atoms with Gasteiger partial charge in [0.05, 0.1) is 24.9 Å². The van der Waals surface area contributed by atoms with Crippen LogP contribution in [-0.4, -0.2) is 80.8 Å². The lowest BCUT2D eigenvalue weighted by Gasteiger charge is -2.34. The highest BCUT2D eigenvalue weighted by molar-refractivity contribution is 5.03. The van der Waals surface area contributed by atoms with E-state index in [9.17, 15) is 0 Å². The Balaban J connectivity index is 1.53. The van der Waals surface area contributed by atoms with Gasteiger partial charge in [-0.05, 0) is 53.2 Å². The van der Waals surface area contributed by atoms with Crippen molar-refractivity contribution in [2.45, 2.75) is 63.2 Å². The van der Waals surface area contributed by atoms with Crippen LogP contribution in [0.25, 0.3) is 0 Å². The van der Waals surface area contributed by atoms with Crippen molar-refractivity contribution >= 4 is 0 Å². The second-order valence-corrected chi connectivity index (χ2v) is 6.72. The van der Waals surface area contributed by atoms with Crippen molar-refractivity contribution in [2.24, 2.45) is 0 Å². The lowest BCUT2D eigenvalue weighted by atomic mass is 10.1. The summed E-state index contributed by atoms with van der Waals surface area (Å²) in [5.41, 5.74) is 0. The Morgan fingerprint density at radius 2 is 2.00 bits per heavy atom. The molecule has 3 rings (SSSR count). The van der Waals surface area contributed by atoms with Gasteiger partial charge in [-0.15, -0.1) is 0 Å². The van der Waals surface area contributed by atoms with Gasteiger partial charge in [0.1, 0.15) is 0 Å². The highest BCUT2D eigenvalue weighted by Gasteiger charge is 2.47. The van der Waals surface area contributed by atoms with Gasteiger partial charge in [-0.1, -0.05) is 0 Å². The minimum atomic E-state index is -0.0460. The van der Waals surface area contributed by atoms with E-state index in [0.29, 0.717) is 18.7 Å². The van der Waals surface area contributed by atoms with Crippen LogP contribution in [0.4, 0.5) is 0 Å². The molecule has 122 valence electrons. The Morgan fingerprint density at radius 3 is 2.81 bits per heavy atom. The number of hydrogen-bond donors (Lipinski definition) is 0.